The zero-order valence-electron chi connectivity index (χ0n) is 37.4. The van der Waals surface area contributed by atoms with Gasteiger partial charge in [-0.25, -0.2) is 4.90 Å². The number of nitrogens with zero attached hydrogens (tertiary/aromatic N) is 5. The van der Waals surface area contributed by atoms with Crippen LogP contribution in [0.15, 0.2) is 95.8 Å². The van der Waals surface area contributed by atoms with Crippen molar-refractivity contribution in [2.75, 3.05) is 46.5 Å². The number of ether oxygens (including phenoxy) is 1. The summed E-state index contributed by atoms with van der Waals surface area (Å²) in [6, 6.07) is 18.6. The zero-order valence-corrected chi connectivity index (χ0v) is 37.4. The lowest BCUT2D eigenvalue weighted by molar-refractivity contribution is -0.153. The fraction of sp³-hybridized carbons (Fsp3) is 0.260. The van der Waals surface area contributed by atoms with Gasteiger partial charge in [0.05, 0.1) is 51.5 Å². The summed E-state index contributed by atoms with van der Waals surface area (Å²) in [4.78, 5) is 130. The molecule has 3 aliphatic heterocycles. The number of hydrogen-bond donors (Lipinski definition) is 4. The number of aliphatic hydroxyl groups is 3. The van der Waals surface area contributed by atoms with E-state index in [0.717, 1.165) is 14.7 Å². The summed E-state index contributed by atoms with van der Waals surface area (Å²) < 4.78 is 6.37. The molecule has 1 fully saturated rings. The van der Waals surface area contributed by atoms with Gasteiger partial charge in [0.25, 0.3) is 41.4 Å². The number of carbonyl (C=O) groups excluding carboxylic acids is 9. The summed E-state index contributed by atoms with van der Waals surface area (Å²) in [5, 5.41) is 39.6. The van der Waals surface area contributed by atoms with Crippen LogP contribution in [0.2, 0.25) is 0 Å². The van der Waals surface area contributed by atoms with Gasteiger partial charge in [0.15, 0.2) is 18.1 Å². The topological polar surface area (TPSA) is 252 Å². The molecule has 10 rings (SSSR count). The maximum Gasteiger partial charge on any atom is 0.264 e. The Bertz CT molecular complexity index is 3070. The Hall–Kier alpha value is -8.29. The smallest absolute Gasteiger partial charge is 0.264 e. The first-order valence-corrected chi connectivity index (χ1v) is 21.9. The highest BCUT2D eigenvalue weighted by molar-refractivity contribution is 6.26. The molecular weight excluding hydrogens is 893 g/mol. The second-order valence-corrected chi connectivity index (χ2v) is 18.1. The fourth-order valence-corrected chi connectivity index (χ4v) is 10.7. The van der Waals surface area contributed by atoms with Crippen LogP contribution < -0.4 is 15.0 Å². The van der Waals surface area contributed by atoms with Crippen molar-refractivity contribution in [3.8, 4) is 5.75 Å². The van der Waals surface area contributed by atoms with Gasteiger partial charge < -0.3 is 30.3 Å². The Morgan fingerprint density at radius 3 is 1.68 bits per heavy atom. The summed E-state index contributed by atoms with van der Waals surface area (Å²) >= 11 is 0. The first kappa shape index (κ1) is 44.5. The van der Waals surface area contributed by atoms with Gasteiger partial charge in [0.2, 0.25) is 5.78 Å². The molecule has 6 aliphatic rings. The van der Waals surface area contributed by atoms with E-state index in [9.17, 15) is 53.7 Å². The van der Waals surface area contributed by atoms with E-state index in [1.54, 1.807) is 61.5 Å². The minimum atomic E-state index is -3.01. The van der Waals surface area contributed by atoms with Gasteiger partial charge in [-0.15, -0.1) is 0 Å². The standard InChI is InChI=1S/C50H42N6O13/c1-52(2)33-19-24(20-54-44(62)25-11-5-6-12-26(25)45(54)63)40(69-22-56-48(66)29-15-9-10-16-30(29)49(56)67)35-31(33)17-23-18-32-37(53(3)4)39(58)36(42(60)50(32,68)41(59)34(23)38(35)57)43(61)51-21-55-46(64)27-13-7-8-14-28(27)47(55)65/h5-16,19,23,32,37,57,60,68H,17-18,20-22H2,1-4H3,(H,51,61)/t23-,32-,37-,50-/m0/s1. The van der Waals surface area contributed by atoms with Crippen LogP contribution in [0.5, 0.6) is 5.75 Å². The Labute approximate surface area is 392 Å². The zero-order chi connectivity index (χ0) is 49.1. The molecule has 69 heavy (non-hydrogen) atoms. The minimum absolute atomic E-state index is 0.0380. The molecule has 0 unspecified atom stereocenters. The molecular formula is C50H42N6O13. The Morgan fingerprint density at radius 2 is 1.20 bits per heavy atom. The first-order valence-electron chi connectivity index (χ1n) is 21.9. The van der Waals surface area contributed by atoms with Crippen molar-refractivity contribution in [1.29, 1.82) is 0 Å². The summed E-state index contributed by atoms with van der Waals surface area (Å²) in [5.41, 5.74) is -2.87. The van der Waals surface area contributed by atoms with Gasteiger partial charge in [0.1, 0.15) is 29.5 Å². The number of aliphatic hydroxyl groups excluding tert-OH is 2. The number of likely N-dealkylation sites (N-methyl/N-ethyl adjacent to an activating group) is 1. The third kappa shape index (κ3) is 6.37. The predicted molar refractivity (Wildman–Crippen MR) is 241 cm³/mol. The predicted octanol–water partition coefficient (Wildman–Crippen LogP) is 2.64. The van der Waals surface area contributed by atoms with Crippen molar-refractivity contribution in [3.63, 3.8) is 0 Å². The monoisotopic (exact) mass is 934 g/mol. The number of hydrogen-bond acceptors (Lipinski definition) is 15. The van der Waals surface area contributed by atoms with Gasteiger partial charge in [-0.3, -0.25) is 57.9 Å². The lowest BCUT2D eigenvalue weighted by Crippen LogP contribution is -2.66. The summed E-state index contributed by atoms with van der Waals surface area (Å²) in [6.45, 7) is -1.90. The highest BCUT2D eigenvalue weighted by Gasteiger charge is 2.64. The molecule has 4 atom stereocenters. The van der Waals surface area contributed by atoms with Crippen molar-refractivity contribution >= 4 is 64.4 Å². The number of benzene rings is 4. The van der Waals surface area contributed by atoms with Crippen molar-refractivity contribution in [3.05, 3.63) is 146 Å². The number of ketones is 2. The lowest BCUT2D eigenvalue weighted by Gasteiger charge is -2.50. The van der Waals surface area contributed by atoms with Gasteiger partial charge >= 0.3 is 0 Å². The molecule has 0 aromatic heterocycles. The van der Waals surface area contributed by atoms with Crippen LogP contribution in [0.25, 0.3) is 5.76 Å². The summed E-state index contributed by atoms with van der Waals surface area (Å²) in [7, 11) is 6.38. The average Bonchev–Trinajstić information content (AvgIpc) is 3.82. The van der Waals surface area contributed by atoms with Crippen LogP contribution in [0, 0.1) is 11.8 Å². The van der Waals surface area contributed by atoms with E-state index in [1.807, 2.05) is 0 Å². The quantitative estimate of drug-likeness (QED) is 0.132. The van der Waals surface area contributed by atoms with E-state index in [2.05, 4.69) is 5.32 Å². The highest BCUT2D eigenvalue weighted by atomic mass is 16.5. The van der Waals surface area contributed by atoms with Crippen LogP contribution in [0.4, 0.5) is 5.69 Å². The molecule has 7 amide bonds. The van der Waals surface area contributed by atoms with E-state index in [1.165, 1.54) is 55.4 Å². The van der Waals surface area contributed by atoms with Crippen LogP contribution in [-0.4, -0.2) is 141 Å². The molecule has 19 nitrogen and oxygen atoms in total. The molecule has 3 aliphatic carbocycles. The van der Waals surface area contributed by atoms with Crippen LogP contribution in [0.3, 0.4) is 0 Å². The van der Waals surface area contributed by atoms with E-state index in [0.29, 0.717) is 11.3 Å². The molecule has 350 valence electrons. The fourth-order valence-electron chi connectivity index (χ4n) is 10.7. The first-order chi connectivity index (χ1) is 32.9. The van der Waals surface area contributed by atoms with Gasteiger partial charge in [-0.1, -0.05) is 36.4 Å². The molecule has 3 heterocycles. The van der Waals surface area contributed by atoms with Crippen molar-refractivity contribution in [1.82, 2.24) is 24.9 Å². The number of fused-ring (bicyclic) bond motifs is 6. The van der Waals surface area contributed by atoms with E-state index >= 15 is 4.79 Å². The third-order valence-electron chi connectivity index (χ3n) is 13.9. The third-order valence-corrected chi connectivity index (χ3v) is 13.9. The molecule has 4 N–H and O–H groups in total. The number of anilines is 1. The second kappa shape index (κ2) is 15.9. The average molecular weight is 935 g/mol. The van der Waals surface area contributed by atoms with E-state index < -0.39 is 119 Å². The molecule has 0 bridgehead atoms. The summed E-state index contributed by atoms with van der Waals surface area (Å²) in [6.07, 6.45) is -0.234. The molecule has 4 aromatic carbocycles. The van der Waals surface area contributed by atoms with Crippen molar-refractivity contribution in [2.24, 2.45) is 11.8 Å². The van der Waals surface area contributed by atoms with Crippen molar-refractivity contribution < 1.29 is 63.2 Å². The van der Waals surface area contributed by atoms with Crippen LogP contribution in [0.1, 0.15) is 85.3 Å². The van der Waals surface area contributed by atoms with Crippen molar-refractivity contribution in [2.45, 2.75) is 31.0 Å². The molecule has 19 heteroatoms. The molecule has 4 aromatic rings. The maximum absolute atomic E-state index is 15.2. The molecule has 0 saturated heterocycles. The number of nitrogens with one attached hydrogen (secondary N) is 1. The summed E-state index contributed by atoms with van der Waals surface area (Å²) in [5.74, 6) is -12.1. The SMILES string of the molecule is CN(C)c1cc(CN2C(=O)c3ccccc3C2=O)c(OCN2C(=O)c3ccccc3C2=O)c2c1C[C@H]1C[C@H]3[C@H](N(C)C)C(=O)C(C(=O)NCN4C(=O)c5ccccc5C4=O)=C(O)[C@@]3(O)C(=O)C1=C2O. The number of Topliss-reactive ketones (excluding diaryl/α,β-unsaturated/α-hetero) is 2. The second-order valence-electron chi connectivity index (χ2n) is 18.1. The van der Waals surface area contributed by atoms with Gasteiger partial charge in [-0.05, 0) is 80.9 Å². The van der Waals surface area contributed by atoms with E-state index in [-0.39, 0.29) is 63.1 Å². The maximum atomic E-state index is 15.2. The van der Waals surface area contributed by atoms with Gasteiger partial charge in [0, 0.05) is 36.8 Å². The lowest BCUT2D eigenvalue weighted by atomic mass is 9.57. The number of imide groups is 3. The van der Waals surface area contributed by atoms with Gasteiger partial charge in [-0.2, -0.15) is 0 Å². The molecule has 0 spiro atoms. The number of rotatable bonds is 10. The molecule has 0 radical (unpaired) electrons. The minimum Gasteiger partial charge on any atom is -0.508 e. The highest BCUT2D eigenvalue weighted by Crippen LogP contribution is 2.54. The van der Waals surface area contributed by atoms with Crippen LogP contribution in [-0.2, 0) is 27.3 Å². The Morgan fingerprint density at radius 1 is 0.725 bits per heavy atom. The molecule has 1 saturated carbocycles. The van der Waals surface area contributed by atoms with E-state index in [4.69, 9.17) is 4.74 Å². The normalized spacial score (nSPS) is 22.6. The Kier molecular flexibility index (Phi) is 10.3. The Balaban J connectivity index is 1.07. The number of carbonyl (C=O) groups is 9. The van der Waals surface area contributed by atoms with Crippen LogP contribution >= 0.6 is 0 Å². The number of amides is 7. The largest absolute Gasteiger partial charge is 0.508 e.